The van der Waals surface area contributed by atoms with Crippen LogP contribution in [-0.2, 0) is 4.79 Å². The summed E-state index contributed by atoms with van der Waals surface area (Å²) in [5, 5.41) is 0.219. The number of carbonyl (C=O) groups is 1. The second-order valence-electron chi connectivity index (χ2n) is 4.83. The van der Waals surface area contributed by atoms with E-state index in [4.69, 9.17) is 0 Å². The zero-order valence-electron chi connectivity index (χ0n) is 8.87. The second-order valence-corrected chi connectivity index (χ2v) is 5.88. The molecule has 0 aromatic rings. The van der Waals surface area contributed by atoms with Gasteiger partial charge in [0.15, 0.2) is 0 Å². The molecule has 2 aliphatic carbocycles. The SMILES string of the molecule is O=C1C=C/C(=C2/CC[C@H]3CCCC[C@H]23)S1. The number of hydrogen-bond acceptors (Lipinski definition) is 2. The summed E-state index contributed by atoms with van der Waals surface area (Å²) in [4.78, 5) is 12.5. The maximum absolute atomic E-state index is 11.2. The van der Waals surface area contributed by atoms with Crippen molar-refractivity contribution in [2.75, 3.05) is 0 Å². The Morgan fingerprint density at radius 3 is 2.80 bits per heavy atom. The highest BCUT2D eigenvalue weighted by Crippen LogP contribution is 2.49. The van der Waals surface area contributed by atoms with Gasteiger partial charge in [-0.15, -0.1) is 0 Å². The van der Waals surface area contributed by atoms with E-state index in [-0.39, 0.29) is 5.12 Å². The molecule has 0 radical (unpaired) electrons. The number of allylic oxidation sites excluding steroid dienone is 2. The molecule has 80 valence electrons. The third-order valence-corrected chi connectivity index (χ3v) is 4.99. The molecule has 2 saturated carbocycles. The Morgan fingerprint density at radius 2 is 2.00 bits per heavy atom. The monoisotopic (exact) mass is 220 g/mol. The number of rotatable bonds is 0. The number of hydrogen-bond donors (Lipinski definition) is 0. The summed E-state index contributed by atoms with van der Waals surface area (Å²) in [5.41, 5.74) is 1.60. The molecule has 3 rings (SSSR count). The predicted octanol–water partition coefficient (Wildman–Crippen LogP) is 3.67. The van der Waals surface area contributed by atoms with E-state index in [0.29, 0.717) is 0 Å². The summed E-state index contributed by atoms with van der Waals surface area (Å²) in [6, 6.07) is 0. The van der Waals surface area contributed by atoms with Crippen LogP contribution in [0.15, 0.2) is 22.6 Å². The Bertz CT molecular complexity index is 354. The smallest absolute Gasteiger partial charge is 0.216 e. The van der Waals surface area contributed by atoms with Crippen molar-refractivity contribution in [3.05, 3.63) is 22.6 Å². The molecule has 0 unspecified atom stereocenters. The van der Waals surface area contributed by atoms with E-state index in [2.05, 4.69) is 0 Å². The summed E-state index contributed by atoms with van der Waals surface area (Å²) in [5.74, 6) is 1.75. The van der Waals surface area contributed by atoms with Crippen molar-refractivity contribution in [2.45, 2.75) is 38.5 Å². The van der Waals surface area contributed by atoms with Gasteiger partial charge in [-0.3, -0.25) is 4.79 Å². The molecule has 1 aliphatic heterocycles. The Hall–Kier alpha value is -0.500. The number of fused-ring (bicyclic) bond motifs is 1. The van der Waals surface area contributed by atoms with Gasteiger partial charge in [-0.05, 0) is 61.4 Å². The molecule has 1 heterocycles. The molecular weight excluding hydrogens is 204 g/mol. The minimum atomic E-state index is 0.219. The van der Waals surface area contributed by atoms with Crippen LogP contribution >= 0.6 is 11.8 Å². The largest absolute Gasteiger partial charge is 0.282 e. The highest BCUT2D eigenvalue weighted by Gasteiger charge is 2.35. The van der Waals surface area contributed by atoms with Crippen LogP contribution in [0.3, 0.4) is 0 Å². The third kappa shape index (κ3) is 1.69. The Labute approximate surface area is 95.0 Å². The molecule has 2 fully saturated rings. The average Bonchev–Trinajstić information content (AvgIpc) is 2.83. The van der Waals surface area contributed by atoms with Gasteiger partial charge in [0.2, 0.25) is 5.12 Å². The fourth-order valence-corrected chi connectivity index (χ4v) is 4.21. The molecule has 2 heteroatoms. The number of carbonyl (C=O) groups excluding carboxylic acids is 1. The average molecular weight is 220 g/mol. The predicted molar refractivity (Wildman–Crippen MR) is 63.4 cm³/mol. The molecule has 3 aliphatic rings. The molecule has 0 aromatic heterocycles. The Morgan fingerprint density at radius 1 is 1.13 bits per heavy atom. The van der Waals surface area contributed by atoms with E-state index in [1.807, 2.05) is 6.08 Å². The van der Waals surface area contributed by atoms with Crippen molar-refractivity contribution < 1.29 is 4.79 Å². The molecule has 2 atom stereocenters. The van der Waals surface area contributed by atoms with Gasteiger partial charge >= 0.3 is 0 Å². The molecule has 0 amide bonds. The first-order valence-electron chi connectivity index (χ1n) is 5.97. The lowest BCUT2D eigenvalue weighted by atomic mass is 9.80. The van der Waals surface area contributed by atoms with Crippen LogP contribution in [0.25, 0.3) is 0 Å². The van der Waals surface area contributed by atoms with Crippen LogP contribution in [-0.4, -0.2) is 5.12 Å². The molecule has 0 N–H and O–H groups in total. The van der Waals surface area contributed by atoms with Crippen molar-refractivity contribution in [3.8, 4) is 0 Å². The zero-order chi connectivity index (χ0) is 10.3. The van der Waals surface area contributed by atoms with Crippen molar-refractivity contribution in [1.29, 1.82) is 0 Å². The maximum Gasteiger partial charge on any atom is 0.216 e. The zero-order valence-corrected chi connectivity index (χ0v) is 9.69. The standard InChI is InChI=1S/C13H16OS/c14-13-8-7-12(15-13)11-6-5-9-3-1-2-4-10(9)11/h7-10H,1-6H2/b12-11+/t9-,10+/m1/s1. The first-order valence-corrected chi connectivity index (χ1v) is 6.79. The lowest BCUT2D eigenvalue weighted by Crippen LogP contribution is -2.14. The fraction of sp³-hybridized carbons (Fsp3) is 0.615. The van der Waals surface area contributed by atoms with Crippen LogP contribution < -0.4 is 0 Å². The van der Waals surface area contributed by atoms with Crippen LogP contribution in [0.2, 0.25) is 0 Å². The molecule has 0 saturated heterocycles. The van der Waals surface area contributed by atoms with E-state index in [1.165, 1.54) is 55.2 Å². The summed E-state index contributed by atoms with van der Waals surface area (Å²) >= 11 is 1.45. The van der Waals surface area contributed by atoms with Crippen molar-refractivity contribution >= 4 is 16.9 Å². The second kappa shape index (κ2) is 3.82. The van der Waals surface area contributed by atoms with Gasteiger partial charge in [-0.1, -0.05) is 18.4 Å². The minimum Gasteiger partial charge on any atom is -0.282 e. The van der Waals surface area contributed by atoms with Crippen molar-refractivity contribution in [1.82, 2.24) is 0 Å². The first kappa shape index (κ1) is 9.71. The highest BCUT2D eigenvalue weighted by atomic mass is 32.2. The third-order valence-electron chi connectivity index (χ3n) is 4.04. The summed E-state index contributed by atoms with van der Waals surface area (Å²) in [6.07, 6.45) is 12.0. The molecular formula is C13H16OS. The van der Waals surface area contributed by atoms with Crippen molar-refractivity contribution in [3.63, 3.8) is 0 Å². The summed E-state index contributed by atoms with van der Waals surface area (Å²) in [7, 11) is 0. The lowest BCUT2D eigenvalue weighted by molar-refractivity contribution is -0.106. The maximum atomic E-state index is 11.2. The van der Waals surface area contributed by atoms with Crippen LogP contribution in [0.4, 0.5) is 0 Å². The first-order chi connectivity index (χ1) is 7.34. The Kier molecular flexibility index (Phi) is 2.47. The van der Waals surface area contributed by atoms with Gasteiger partial charge in [0.1, 0.15) is 0 Å². The van der Waals surface area contributed by atoms with Crippen molar-refractivity contribution in [2.24, 2.45) is 11.8 Å². The summed E-state index contributed by atoms with van der Waals surface area (Å²) in [6.45, 7) is 0. The normalized spacial score (nSPS) is 39.9. The van der Waals surface area contributed by atoms with Gasteiger partial charge in [0, 0.05) is 4.91 Å². The lowest BCUT2D eigenvalue weighted by Gasteiger charge is -2.26. The van der Waals surface area contributed by atoms with E-state index < -0.39 is 0 Å². The van der Waals surface area contributed by atoms with Gasteiger partial charge in [0.25, 0.3) is 0 Å². The van der Waals surface area contributed by atoms with Gasteiger partial charge in [-0.2, -0.15) is 0 Å². The van der Waals surface area contributed by atoms with Crippen LogP contribution in [0, 0.1) is 11.8 Å². The highest BCUT2D eigenvalue weighted by molar-refractivity contribution is 8.17. The van der Waals surface area contributed by atoms with E-state index in [9.17, 15) is 4.79 Å². The van der Waals surface area contributed by atoms with E-state index >= 15 is 0 Å². The van der Waals surface area contributed by atoms with Crippen LogP contribution in [0.1, 0.15) is 38.5 Å². The molecule has 15 heavy (non-hydrogen) atoms. The van der Waals surface area contributed by atoms with Gasteiger partial charge in [0.05, 0.1) is 0 Å². The quantitative estimate of drug-likeness (QED) is 0.619. The fourth-order valence-electron chi connectivity index (χ4n) is 3.34. The topological polar surface area (TPSA) is 17.1 Å². The molecule has 1 nitrogen and oxygen atoms in total. The van der Waals surface area contributed by atoms with E-state index in [0.717, 1.165) is 11.8 Å². The molecule has 0 bridgehead atoms. The molecule has 0 aromatic carbocycles. The summed E-state index contributed by atoms with van der Waals surface area (Å²) < 4.78 is 0. The van der Waals surface area contributed by atoms with Gasteiger partial charge in [-0.25, -0.2) is 0 Å². The molecule has 0 spiro atoms. The Balaban J connectivity index is 1.88. The van der Waals surface area contributed by atoms with Crippen LogP contribution in [0.5, 0.6) is 0 Å². The number of thioether (sulfide) groups is 1. The van der Waals surface area contributed by atoms with Gasteiger partial charge < -0.3 is 0 Å². The van der Waals surface area contributed by atoms with E-state index in [1.54, 1.807) is 11.6 Å². The minimum absolute atomic E-state index is 0.219.